The van der Waals surface area contributed by atoms with Crippen LogP contribution in [-0.2, 0) is 0 Å². The van der Waals surface area contributed by atoms with Gasteiger partial charge in [0.2, 0.25) is 0 Å². The van der Waals surface area contributed by atoms with E-state index in [4.69, 9.17) is 27.9 Å². The molecule has 1 N–H and O–H groups in total. The van der Waals surface area contributed by atoms with E-state index >= 15 is 0 Å². The van der Waals surface area contributed by atoms with E-state index in [-0.39, 0.29) is 16.1 Å². The van der Waals surface area contributed by atoms with E-state index in [1.165, 1.54) is 12.1 Å². The van der Waals surface area contributed by atoms with Gasteiger partial charge in [0.25, 0.3) is 0 Å². The van der Waals surface area contributed by atoms with E-state index in [2.05, 4.69) is 5.32 Å². The van der Waals surface area contributed by atoms with Gasteiger partial charge in [-0.05, 0) is 32.0 Å². The first kappa shape index (κ1) is 15.9. The highest BCUT2D eigenvalue weighted by atomic mass is 35.5. The summed E-state index contributed by atoms with van der Waals surface area (Å²) in [6.45, 7) is 4.48. The zero-order valence-corrected chi connectivity index (χ0v) is 13.3. The Labute approximate surface area is 133 Å². The lowest BCUT2D eigenvalue weighted by molar-refractivity contribution is 0.335. The minimum Gasteiger partial charge on any atom is -0.494 e. The second-order valence-corrected chi connectivity index (χ2v) is 5.40. The van der Waals surface area contributed by atoms with Crippen LogP contribution in [0.4, 0.5) is 10.1 Å². The summed E-state index contributed by atoms with van der Waals surface area (Å²) in [5.41, 5.74) is 1.49. The summed E-state index contributed by atoms with van der Waals surface area (Å²) < 4.78 is 18.8. The maximum atomic E-state index is 13.2. The third-order valence-electron chi connectivity index (χ3n) is 3.05. The van der Waals surface area contributed by atoms with Gasteiger partial charge in [0.05, 0.1) is 28.4 Å². The molecule has 2 aromatic rings. The predicted octanol–water partition coefficient (Wildman–Crippen LogP) is 5.70. The second-order valence-electron chi connectivity index (χ2n) is 4.58. The number of benzene rings is 2. The molecule has 112 valence electrons. The molecule has 0 aliphatic rings. The molecular formula is C16H16Cl2FNO. The number of ether oxygens (including phenoxy) is 1. The van der Waals surface area contributed by atoms with Gasteiger partial charge in [0.1, 0.15) is 11.6 Å². The molecule has 2 rings (SSSR count). The molecule has 0 bridgehead atoms. The highest BCUT2D eigenvalue weighted by Gasteiger charge is 2.15. The van der Waals surface area contributed by atoms with Gasteiger partial charge in [-0.15, -0.1) is 0 Å². The van der Waals surface area contributed by atoms with E-state index < -0.39 is 5.82 Å². The lowest BCUT2D eigenvalue weighted by Gasteiger charge is -2.20. The van der Waals surface area contributed by atoms with E-state index in [1.54, 1.807) is 0 Å². The molecule has 5 heteroatoms. The number of nitrogens with one attached hydrogen (secondary N) is 1. The fraction of sp³-hybridized carbons (Fsp3) is 0.250. The normalized spacial score (nSPS) is 12.0. The summed E-state index contributed by atoms with van der Waals surface area (Å²) >= 11 is 12.1. The van der Waals surface area contributed by atoms with Crippen LogP contribution in [0.1, 0.15) is 25.5 Å². The van der Waals surface area contributed by atoms with Crippen LogP contribution in [0.15, 0.2) is 36.4 Å². The van der Waals surface area contributed by atoms with Gasteiger partial charge in [0.15, 0.2) is 0 Å². The van der Waals surface area contributed by atoms with Crippen molar-refractivity contribution < 1.29 is 9.13 Å². The number of hydrogen-bond donors (Lipinski definition) is 1. The Hall–Kier alpha value is -1.45. The molecule has 0 aliphatic heterocycles. The van der Waals surface area contributed by atoms with Crippen molar-refractivity contribution in [3.8, 4) is 5.75 Å². The highest BCUT2D eigenvalue weighted by molar-refractivity contribution is 6.39. The Bertz CT molecular complexity index is 610. The van der Waals surface area contributed by atoms with Gasteiger partial charge in [-0.3, -0.25) is 0 Å². The third-order valence-corrected chi connectivity index (χ3v) is 3.65. The van der Waals surface area contributed by atoms with Crippen molar-refractivity contribution in [1.82, 2.24) is 0 Å². The number of anilines is 1. The first-order valence-electron chi connectivity index (χ1n) is 6.65. The van der Waals surface area contributed by atoms with Gasteiger partial charge in [-0.2, -0.15) is 0 Å². The van der Waals surface area contributed by atoms with Crippen LogP contribution in [0.2, 0.25) is 10.0 Å². The summed E-state index contributed by atoms with van der Waals surface area (Å²) in [4.78, 5) is 0. The van der Waals surface area contributed by atoms with Crippen molar-refractivity contribution in [3.05, 3.63) is 57.8 Å². The van der Waals surface area contributed by atoms with Crippen molar-refractivity contribution in [1.29, 1.82) is 0 Å². The summed E-state index contributed by atoms with van der Waals surface area (Å²) in [6.07, 6.45) is 0. The largest absolute Gasteiger partial charge is 0.494 e. The van der Waals surface area contributed by atoms with Crippen molar-refractivity contribution in [2.75, 3.05) is 11.9 Å². The molecule has 1 atom stereocenters. The van der Waals surface area contributed by atoms with Crippen molar-refractivity contribution in [2.45, 2.75) is 19.9 Å². The third kappa shape index (κ3) is 3.80. The highest BCUT2D eigenvalue weighted by Crippen LogP contribution is 2.35. The Balaban J connectivity index is 2.28. The first-order chi connectivity index (χ1) is 10.0. The smallest absolute Gasteiger partial charge is 0.126 e. The van der Waals surface area contributed by atoms with Crippen molar-refractivity contribution in [2.24, 2.45) is 0 Å². The average Bonchev–Trinajstić information content (AvgIpc) is 2.43. The molecule has 0 aliphatic carbocycles. The van der Waals surface area contributed by atoms with Gasteiger partial charge >= 0.3 is 0 Å². The Morgan fingerprint density at radius 1 is 1.19 bits per heavy atom. The Morgan fingerprint density at radius 2 is 1.81 bits per heavy atom. The molecule has 0 spiro atoms. The monoisotopic (exact) mass is 327 g/mol. The quantitative estimate of drug-likeness (QED) is 0.760. The molecule has 0 radical (unpaired) electrons. The van der Waals surface area contributed by atoms with Crippen molar-refractivity contribution in [3.63, 3.8) is 0 Å². The maximum absolute atomic E-state index is 13.2. The van der Waals surface area contributed by atoms with Crippen LogP contribution >= 0.6 is 23.2 Å². The van der Waals surface area contributed by atoms with Crippen LogP contribution in [-0.4, -0.2) is 6.61 Å². The molecule has 0 amide bonds. The SMILES string of the molecule is CCOc1ccccc1C(C)Nc1c(Cl)cc(F)cc1Cl. The molecular weight excluding hydrogens is 312 g/mol. The van der Waals surface area contributed by atoms with Gasteiger partial charge in [-0.25, -0.2) is 4.39 Å². The average molecular weight is 328 g/mol. The van der Waals surface area contributed by atoms with Crippen LogP contribution in [0.25, 0.3) is 0 Å². The standard InChI is InChI=1S/C16H16Cl2FNO/c1-3-21-15-7-5-4-6-12(15)10(2)20-16-13(17)8-11(19)9-14(16)18/h4-10,20H,3H2,1-2H3. The molecule has 21 heavy (non-hydrogen) atoms. The minimum absolute atomic E-state index is 0.0896. The molecule has 0 saturated carbocycles. The summed E-state index contributed by atoms with van der Waals surface area (Å²) in [5.74, 6) is 0.340. The molecule has 2 aromatic carbocycles. The lowest BCUT2D eigenvalue weighted by atomic mass is 10.1. The second kappa shape index (κ2) is 7.01. The molecule has 1 unspecified atom stereocenters. The maximum Gasteiger partial charge on any atom is 0.126 e. The number of halogens is 3. The van der Waals surface area contributed by atoms with Gasteiger partial charge < -0.3 is 10.1 Å². The van der Waals surface area contributed by atoms with E-state index in [1.807, 2.05) is 38.1 Å². The zero-order chi connectivity index (χ0) is 15.4. The Kier molecular flexibility index (Phi) is 5.32. The molecule has 0 saturated heterocycles. The predicted molar refractivity (Wildman–Crippen MR) is 86.1 cm³/mol. The summed E-state index contributed by atoms with van der Waals surface area (Å²) in [5, 5.41) is 3.71. The van der Waals surface area contributed by atoms with Crippen LogP contribution in [0.3, 0.4) is 0 Å². The fourth-order valence-corrected chi connectivity index (χ4v) is 2.67. The Morgan fingerprint density at radius 3 is 2.43 bits per heavy atom. The zero-order valence-electron chi connectivity index (χ0n) is 11.8. The number of hydrogen-bond acceptors (Lipinski definition) is 2. The van der Waals surface area contributed by atoms with Crippen LogP contribution in [0.5, 0.6) is 5.75 Å². The van der Waals surface area contributed by atoms with E-state index in [0.29, 0.717) is 12.3 Å². The fourth-order valence-electron chi connectivity index (χ4n) is 2.10. The number of para-hydroxylation sites is 1. The first-order valence-corrected chi connectivity index (χ1v) is 7.41. The minimum atomic E-state index is -0.460. The van der Waals surface area contributed by atoms with E-state index in [0.717, 1.165) is 11.3 Å². The molecule has 0 heterocycles. The van der Waals surface area contributed by atoms with E-state index in [9.17, 15) is 4.39 Å². The van der Waals surface area contributed by atoms with Crippen molar-refractivity contribution >= 4 is 28.9 Å². The summed E-state index contributed by atoms with van der Waals surface area (Å²) in [6, 6.07) is 10.1. The number of rotatable bonds is 5. The van der Waals surface area contributed by atoms with Crippen LogP contribution < -0.4 is 10.1 Å². The van der Waals surface area contributed by atoms with Gasteiger partial charge in [0, 0.05) is 5.56 Å². The van der Waals surface area contributed by atoms with Gasteiger partial charge in [-0.1, -0.05) is 41.4 Å². The van der Waals surface area contributed by atoms with Crippen LogP contribution in [0, 0.1) is 5.82 Å². The molecule has 2 nitrogen and oxygen atoms in total. The lowest BCUT2D eigenvalue weighted by Crippen LogP contribution is -2.09. The molecule has 0 fully saturated rings. The summed E-state index contributed by atoms with van der Waals surface area (Å²) in [7, 11) is 0. The molecule has 0 aromatic heterocycles. The topological polar surface area (TPSA) is 21.3 Å².